The van der Waals surface area contributed by atoms with Crippen LogP contribution in [0.1, 0.15) is 0 Å². The Morgan fingerprint density at radius 3 is 2.57 bits per heavy atom. The molecule has 0 saturated carbocycles. The van der Waals surface area contributed by atoms with E-state index in [1.54, 1.807) is 11.1 Å². The number of likely N-dealkylation sites (N-methyl/N-ethyl adjacent to an activating group) is 1. The lowest BCUT2D eigenvalue weighted by Gasteiger charge is -2.28. The van der Waals surface area contributed by atoms with Crippen molar-refractivity contribution in [3.63, 3.8) is 0 Å². The zero-order chi connectivity index (χ0) is 19.3. The average molecular weight is 377 g/mol. The summed E-state index contributed by atoms with van der Waals surface area (Å²) in [6.07, 6.45) is 1.69. The van der Waals surface area contributed by atoms with Crippen molar-refractivity contribution < 1.29 is 9.53 Å². The maximum absolute atomic E-state index is 12.4. The first kappa shape index (κ1) is 18.2. The van der Waals surface area contributed by atoms with Crippen LogP contribution in [-0.2, 0) is 9.53 Å². The van der Waals surface area contributed by atoms with Gasteiger partial charge in [0.2, 0.25) is 5.91 Å². The van der Waals surface area contributed by atoms with Gasteiger partial charge in [0, 0.05) is 31.5 Å². The molecule has 1 N–H and O–H groups in total. The van der Waals surface area contributed by atoms with Gasteiger partial charge in [0.15, 0.2) is 0 Å². The van der Waals surface area contributed by atoms with E-state index < -0.39 is 0 Å². The van der Waals surface area contributed by atoms with Gasteiger partial charge >= 0.3 is 0 Å². The van der Waals surface area contributed by atoms with Crippen LogP contribution in [-0.4, -0.2) is 55.8 Å². The molecule has 2 heterocycles. The van der Waals surface area contributed by atoms with E-state index in [4.69, 9.17) is 4.74 Å². The van der Waals surface area contributed by atoms with E-state index in [-0.39, 0.29) is 12.5 Å². The third-order valence-electron chi connectivity index (χ3n) is 4.74. The number of para-hydroxylation sites is 2. The molecule has 0 bridgehead atoms. The smallest absolute Gasteiger partial charge is 0.243 e. The maximum Gasteiger partial charge on any atom is 0.243 e. The third kappa shape index (κ3) is 4.20. The first-order chi connectivity index (χ1) is 13.7. The predicted octanol–water partition coefficient (Wildman–Crippen LogP) is 2.54. The summed E-state index contributed by atoms with van der Waals surface area (Å²) in [6.45, 7) is 3.48. The van der Waals surface area contributed by atoms with Crippen LogP contribution in [0.5, 0.6) is 0 Å². The van der Waals surface area contributed by atoms with Crippen LogP contribution in [0.4, 0.5) is 17.2 Å². The fourth-order valence-electron chi connectivity index (χ4n) is 3.21. The number of nitrogens with zero attached hydrogens (tertiary/aromatic N) is 4. The first-order valence-corrected chi connectivity index (χ1v) is 9.34. The molecule has 4 rings (SSSR count). The van der Waals surface area contributed by atoms with Gasteiger partial charge in [-0.3, -0.25) is 9.78 Å². The summed E-state index contributed by atoms with van der Waals surface area (Å²) in [5, 5.41) is 2.94. The molecule has 1 aliphatic rings. The maximum atomic E-state index is 12.4. The van der Waals surface area contributed by atoms with Gasteiger partial charge in [0.1, 0.15) is 5.82 Å². The van der Waals surface area contributed by atoms with E-state index in [0.29, 0.717) is 5.82 Å². The number of aromatic nitrogens is 2. The Morgan fingerprint density at radius 2 is 1.82 bits per heavy atom. The second kappa shape index (κ2) is 8.22. The number of benzene rings is 2. The number of morpholine rings is 1. The highest BCUT2D eigenvalue weighted by Crippen LogP contribution is 2.19. The van der Waals surface area contributed by atoms with Crippen molar-refractivity contribution in [3.05, 3.63) is 54.7 Å². The van der Waals surface area contributed by atoms with Crippen LogP contribution >= 0.6 is 0 Å². The number of nitrogens with one attached hydrogen (secondary N) is 1. The molecule has 7 heteroatoms. The molecule has 0 aliphatic carbocycles. The monoisotopic (exact) mass is 377 g/mol. The number of carbonyl (C=O) groups excluding carboxylic acids is 1. The molecule has 1 aromatic heterocycles. The van der Waals surface area contributed by atoms with Gasteiger partial charge in [-0.2, -0.15) is 0 Å². The highest BCUT2D eigenvalue weighted by atomic mass is 16.5. The van der Waals surface area contributed by atoms with Crippen molar-refractivity contribution in [2.45, 2.75) is 0 Å². The molecule has 1 saturated heterocycles. The van der Waals surface area contributed by atoms with E-state index in [1.165, 1.54) is 0 Å². The molecular weight excluding hydrogens is 354 g/mol. The molecule has 0 unspecified atom stereocenters. The lowest BCUT2D eigenvalue weighted by molar-refractivity contribution is -0.114. The number of hydrogen-bond acceptors (Lipinski definition) is 6. The van der Waals surface area contributed by atoms with Crippen molar-refractivity contribution in [1.29, 1.82) is 0 Å². The molecule has 0 atom stereocenters. The summed E-state index contributed by atoms with van der Waals surface area (Å²) in [6, 6.07) is 15.6. The molecule has 2 aromatic carbocycles. The Morgan fingerprint density at radius 1 is 1.11 bits per heavy atom. The number of amides is 1. The summed E-state index contributed by atoms with van der Waals surface area (Å²) in [5.74, 6) is 0.563. The van der Waals surface area contributed by atoms with E-state index in [1.807, 2.05) is 55.6 Å². The summed E-state index contributed by atoms with van der Waals surface area (Å²) >= 11 is 0. The van der Waals surface area contributed by atoms with E-state index in [2.05, 4.69) is 20.2 Å². The summed E-state index contributed by atoms with van der Waals surface area (Å²) < 4.78 is 5.38. The van der Waals surface area contributed by atoms with Gasteiger partial charge in [-0.1, -0.05) is 12.1 Å². The van der Waals surface area contributed by atoms with E-state index >= 15 is 0 Å². The molecule has 1 fully saturated rings. The second-order valence-electron chi connectivity index (χ2n) is 6.77. The van der Waals surface area contributed by atoms with Crippen LogP contribution < -0.4 is 15.1 Å². The Hall–Kier alpha value is -3.19. The molecule has 0 radical (unpaired) electrons. The zero-order valence-corrected chi connectivity index (χ0v) is 15.8. The standard InChI is InChI=1S/C21H23N5O2/c1-25(20-14-22-18-4-2-3-5-19(18)24-20)15-21(27)23-16-6-8-17(9-7-16)26-10-12-28-13-11-26/h2-9,14H,10-13,15H2,1H3,(H,23,27). The van der Waals surface area contributed by atoms with E-state index in [9.17, 15) is 4.79 Å². The molecule has 7 nitrogen and oxygen atoms in total. The summed E-state index contributed by atoms with van der Waals surface area (Å²) in [4.78, 5) is 25.5. The van der Waals surface area contributed by atoms with Gasteiger partial charge < -0.3 is 19.9 Å². The van der Waals surface area contributed by atoms with Crippen molar-refractivity contribution in [2.24, 2.45) is 0 Å². The number of rotatable bonds is 5. The normalized spacial score (nSPS) is 14.1. The SMILES string of the molecule is CN(CC(=O)Nc1ccc(N2CCOCC2)cc1)c1cnc2ccccc2n1. The summed E-state index contributed by atoms with van der Waals surface area (Å²) in [5.41, 5.74) is 3.57. The van der Waals surface area contributed by atoms with Crippen molar-refractivity contribution >= 4 is 34.1 Å². The van der Waals surface area contributed by atoms with Crippen molar-refractivity contribution in [2.75, 3.05) is 55.0 Å². The highest BCUT2D eigenvalue weighted by molar-refractivity contribution is 5.94. The Bertz CT molecular complexity index is 954. The van der Waals surface area contributed by atoms with Gasteiger partial charge in [-0.05, 0) is 36.4 Å². The quantitative estimate of drug-likeness (QED) is 0.737. The zero-order valence-electron chi connectivity index (χ0n) is 15.8. The highest BCUT2D eigenvalue weighted by Gasteiger charge is 2.12. The fraction of sp³-hybridized carbons (Fsp3) is 0.286. The predicted molar refractivity (Wildman–Crippen MR) is 111 cm³/mol. The topological polar surface area (TPSA) is 70.6 Å². The summed E-state index contributed by atoms with van der Waals surface area (Å²) in [7, 11) is 1.83. The molecule has 3 aromatic rings. The Kier molecular flexibility index (Phi) is 5.34. The van der Waals surface area contributed by atoms with Crippen molar-refractivity contribution in [1.82, 2.24) is 9.97 Å². The largest absolute Gasteiger partial charge is 0.378 e. The number of ether oxygens (including phenoxy) is 1. The minimum Gasteiger partial charge on any atom is -0.378 e. The molecule has 144 valence electrons. The van der Waals surface area contributed by atoms with Crippen LogP contribution in [0.15, 0.2) is 54.7 Å². The number of hydrogen-bond donors (Lipinski definition) is 1. The van der Waals surface area contributed by atoms with Crippen LogP contribution in [0.2, 0.25) is 0 Å². The molecule has 1 amide bonds. The lowest BCUT2D eigenvalue weighted by atomic mass is 10.2. The van der Waals surface area contributed by atoms with Gasteiger partial charge in [-0.15, -0.1) is 0 Å². The Balaban J connectivity index is 1.36. The molecule has 28 heavy (non-hydrogen) atoms. The first-order valence-electron chi connectivity index (χ1n) is 9.34. The minimum atomic E-state index is -0.100. The number of anilines is 3. The van der Waals surface area contributed by atoms with Crippen LogP contribution in [0.3, 0.4) is 0 Å². The van der Waals surface area contributed by atoms with Crippen LogP contribution in [0, 0.1) is 0 Å². The lowest BCUT2D eigenvalue weighted by Crippen LogP contribution is -2.36. The number of fused-ring (bicyclic) bond motifs is 1. The van der Waals surface area contributed by atoms with Crippen molar-refractivity contribution in [3.8, 4) is 0 Å². The van der Waals surface area contributed by atoms with Gasteiger partial charge in [0.05, 0.1) is 37.0 Å². The average Bonchev–Trinajstić information content (AvgIpc) is 2.74. The molecule has 1 aliphatic heterocycles. The van der Waals surface area contributed by atoms with Gasteiger partial charge in [0.25, 0.3) is 0 Å². The van der Waals surface area contributed by atoms with E-state index in [0.717, 1.165) is 48.7 Å². The fourth-order valence-corrected chi connectivity index (χ4v) is 3.21. The third-order valence-corrected chi connectivity index (χ3v) is 4.74. The minimum absolute atomic E-state index is 0.100. The van der Waals surface area contributed by atoms with Gasteiger partial charge in [-0.25, -0.2) is 4.98 Å². The molecule has 0 spiro atoms. The Labute approximate surface area is 164 Å². The molecular formula is C21H23N5O2. The number of carbonyl (C=O) groups is 1. The second-order valence-corrected chi connectivity index (χ2v) is 6.77. The van der Waals surface area contributed by atoms with Crippen LogP contribution in [0.25, 0.3) is 11.0 Å².